The Morgan fingerprint density at radius 3 is 2.35 bits per heavy atom. The maximum absolute atomic E-state index is 12.8. The number of rotatable bonds is 8. The second-order valence-corrected chi connectivity index (χ2v) is 10.9. The molecule has 0 aliphatic heterocycles. The van der Waals surface area contributed by atoms with Crippen LogP contribution in [-0.4, -0.2) is 50.6 Å². The molecular weight excluding hydrogens is 422 g/mol. The van der Waals surface area contributed by atoms with Crippen molar-refractivity contribution in [1.82, 2.24) is 5.32 Å². The number of carbonyl (C=O) groups excluding carboxylic acids is 3. The smallest absolute Gasteiger partial charge is 0.408 e. The number of nitrogens with one attached hydrogen (secondary N) is 1. The van der Waals surface area contributed by atoms with Crippen LogP contribution in [0.2, 0.25) is 0 Å². The van der Waals surface area contributed by atoms with Gasteiger partial charge >= 0.3 is 6.09 Å². The van der Waals surface area contributed by atoms with Crippen LogP contribution in [0.3, 0.4) is 0 Å². The molecule has 8 nitrogen and oxygen atoms in total. The van der Waals surface area contributed by atoms with Crippen LogP contribution in [0.5, 0.6) is 5.75 Å². The van der Waals surface area contributed by atoms with Crippen molar-refractivity contribution in [3.8, 4) is 5.75 Å². The summed E-state index contributed by atoms with van der Waals surface area (Å²) in [5.41, 5.74) is -0.726. The van der Waals surface area contributed by atoms with Gasteiger partial charge in [-0.15, -0.1) is 0 Å². The zero-order valence-electron chi connectivity index (χ0n) is 18.5. The lowest BCUT2D eigenvalue weighted by atomic mass is 9.83. The van der Waals surface area contributed by atoms with E-state index in [4.69, 9.17) is 9.47 Å². The van der Waals surface area contributed by atoms with Gasteiger partial charge in [0.15, 0.2) is 15.6 Å². The third-order valence-electron chi connectivity index (χ3n) is 4.91. The van der Waals surface area contributed by atoms with E-state index in [1.807, 2.05) is 0 Å². The van der Waals surface area contributed by atoms with Gasteiger partial charge in [-0.3, -0.25) is 9.59 Å². The lowest BCUT2D eigenvalue weighted by Crippen LogP contribution is -2.46. The van der Waals surface area contributed by atoms with E-state index in [9.17, 15) is 22.8 Å². The second-order valence-electron chi connectivity index (χ2n) is 8.84. The van der Waals surface area contributed by atoms with Crippen LogP contribution in [0.15, 0.2) is 29.2 Å². The third-order valence-corrected chi connectivity index (χ3v) is 6.04. The number of ketones is 2. The van der Waals surface area contributed by atoms with Crippen LogP contribution in [0, 0.1) is 5.92 Å². The standard InChI is InChI=1S/C22H31NO7S/c1-22(2,3)30-21(26)23-18(13-15-7-5-6-8-19(15)24)20(25)14-29-16-9-11-17(12-10-16)31(4,27)28/h9-12,15,18H,5-8,13-14H2,1-4H3,(H,23,26)/t15-,18-/m0/s1. The summed E-state index contributed by atoms with van der Waals surface area (Å²) in [7, 11) is -3.33. The van der Waals surface area contributed by atoms with E-state index in [1.54, 1.807) is 20.8 Å². The minimum Gasteiger partial charge on any atom is -0.486 e. The Kier molecular flexibility index (Phi) is 8.22. The Hall–Kier alpha value is -2.42. The van der Waals surface area contributed by atoms with Crippen molar-refractivity contribution in [3.05, 3.63) is 24.3 Å². The second kappa shape index (κ2) is 10.3. The molecule has 2 atom stereocenters. The maximum Gasteiger partial charge on any atom is 0.408 e. The molecule has 1 aromatic carbocycles. The molecule has 1 aromatic rings. The monoisotopic (exact) mass is 453 g/mol. The zero-order chi connectivity index (χ0) is 23.2. The number of carbonyl (C=O) groups is 3. The molecule has 0 heterocycles. The summed E-state index contributed by atoms with van der Waals surface area (Å²) < 4.78 is 33.8. The number of alkyl carbamates (subject to hydrolysis) is 1. The first kappa shape index (κ1) is 24.8. The van der Waals surface area contributed by atoms with Crippen molar-refractivity contribution in [2.75, 3.05) is 12.9 Å². The first-order valence-electron chi connectivity index (χ1n) is 10.3. The molecule has 9 heteroatoms. The molecule has 0 aromatic heterocycles. The molecule has 0 radical (unpaired) electrons. The minimum absolute atomic E-state index is 0.104. The Morgan fingerprint density at radius 2 is 1.81 bits per heavy atom. The lowest BCUT2D eigenvalue weighted by Gasteiger charge is -2.27. The van der Waals surface area contributed by atoms with Crippen LogP contribution in [0.4, 0.5) is 4.79 Å². The highest BCUT2D eigenvalue weighted by atomic mass is 32.2. The fraction of sp³-hybridized carbons (Fsp3) is 0.591. The fourth-order valence-corrected chi connectivity index (χ4v) is 3.98. The van der Waals surface area contributed by atoms with Gasteiger partial charge in [0.1, 0.15) is 23.7 Å². The van der Waals surface area contributed by atoms with Crippen molar-refractivity contribution in [3.63, 3.8) is 0 Å². The van der Waals surface area contributed by atoms with Gasteiger partial charge in [-0.25, -0.2) is 13.2 Å². The summed E-state index contributed by atoms with van der Waals surface area (Å²) in [6, 6.07) is 4.80. The molecule has 1 saturated carbocycles. The number of hydrogen-bond acceptors (Lipinski definition) is 7. The first-order valence-corrected chi connectivity index (χ1v) is 12.2. The molecule has 1 N–H and O–H groups in total. The lowest BCUT2D eigenvalue weighted by molar-refractivity contribution is -0.127. The van der Waals surface area contributed by atoms with Crippen molar-refractivity contribution < 1.29 is 32.3 Å². The van der Waals surface area contributed by atoms with Crippen LogP contribution in [0.25, 0.3) is 0 Å². The molecule has 0 spiro atoms. The number of hydrogen-bond donors (Lipinski definition) is 1. The van der Waals surface area contributed by atoms with Gasteiger partial charge in [-0.1, -0.05) is 6.42 Å². The first-order chi connectivity index (χ1) is 14.3. The van der Waals surface area contributed by atoms with Gasteiger partial charge in [-0.05, 0) is 64.3 Å². The van der Waals surface area contributed by atoms with Gasteiger partial charge in [0.05, 0.1) is 10.9 Å². The van der Waals surface area contributed by atoms with E-state index in [1.165, 1.54) is 24.3 Å². The molecule has 1 aliphatic carbocycles. The van der Waals surface area contributed by atoms with Crippen LogP contribution >= 0.6 is 0 Å². The van der Waals surface area contributed by atoms with Crippen molar-refractivity contribution in [2.45, 2.75) is 69.4 Å². The number of Topliss-reactive ketones (excluding diaryl/α,β-unsaturated/α-hetero) is 2. The topological polar surface area (TPSA) is 116 Å². The maximum atomic E-state index is 12.8. The molecule has 0 bridgehead atoms. The molecule has 172 valence electrons. The summed E-state index contributed by atoms with van der Waals surface area (Å²) in [6.45, 7) is 4.83. The van der Waals surface area contributed by atoms with E-state index in [0.29, 0.717) is 18.6 Å². The Balaban J connectivity index is 2.05. The predicted octanol–water partition coefficient (Wildman–Crippen LogP) is 3.08. The van der Waals surface area contributed by atoms with Crippen LogP contribution in [-0.2, 0) is 24.2 Å². The van der Waals surface area contributed by atoms with Crippen LogP contribution < -0.4 is 10.1 Å². The molecule has 1 amide bonds. The SMILES string of the molecule is CC(C)(C)OC(=O)N[C@@H](C[C@@H]1CCCCC1=O)C(=O)COc1ccc(S(C)(=O)=O)cc1. The van der Waals surface area contributed by atoms with Crippen molar-refractivity contribution >= 4 is 27.5 Å². The highest BCUT2D eigenvalue weighted by molar-refractivity contribution is 7.90. The zero-order valence-corrected chi connectivity index (χ0v) is 19.3. The van der Waals surface area contributed by atoms with Crippen molar-refractivity contribution in [1.29, 1.82) is 0 Å². The van der Waals surface area contributed by atoms with Crippen molar-refractivity contribution in [2.24, 2.45) is 5.92 Å². The van der Waals surface area contributed by atoms with E-state index >= 15 is 0 Å². The molecule has 1 aliphatic rings. The Labute approximate surface area is 183 Å². The van der Waals surface area contributed by atoms with Gasteiger partial charge in [0.2, 0.25) is 0 Å². The normalized spacial score (nSPS) is 18.2. The number of sulfone groups is 1. The summed E-state index contributed by atoms with van der Waals surface area (Å²) in [6.07, 6.45) is 3.51. The molecule has 1 fully saturated rings. The quantitative estimate of drug-likeness (QED) is 0.643. The average molecular weight is 454 g/mol. The van der Waals surface area contributed by atoms with Gasteiger partial charge in [0, 0.05) is 18.6 Å². The molecule has 0 saturated heterocycles. The summed E-state index contributed by atoms with van der Waals surface area (Å²) in [5.74, 6) is -0.249. The molecular formula is C22H31NO7S. The number of amides is 1. The average Bonchev–Trinajstić information content (AvgIpc) is 2.65. The highest BCUT2D eigenvalue weighted by Crippen LogP contribution is 2.25. The molecule has 31 heavy (non-hydrogen) atoms. The number of ether oxygens (including phenoxy) is 2. The summed E-state index contributed by atoms with van der Waals surface area (Å²) >= 11 is 0. The van der Waals surface area contributed by atoms with E-state index in [2.05, 4.69) is 5.32 Å². The van der Waals surface area contributed by atoms with Gasteiger partial charge in [0.25, 0.3) is 0 Å². The predicted molar refractivity (Wildman–Crippen MR) is 115 cm³/mol. The molecule has 0 unspecified atom stereocenters. The fourth-order valence-electron chi connectivity index (χ4n) is 3.35. The third kappa shape index (κ3) is 8.32. The van der Waals surface area contributed by atoms with E-state index in [-0.39, 0.29) is 29.6 Å². The summed E-state index contributed by atoms with van der Waals surface area (Å²) in [4.78, 5) is 37.4. The summed E-state index contributed by atoms with van der Waals surface area (Å²) in [5, 5.41) is 2.58. The number of benzene rings is 1. The highest BCUT2D eigenvalue weighted by Gasteiger charge is 2.31. The van der Waals surface area contributed by atoms with Crippen LogP contribution in [0.1, 0.15) is 52.9 Å². The van der Waals surface area contributed by atoms with Gasteiger partial charge < -0.3 is 14.8 Å². The largest absolute Gasteiger partial charge is 0.486 e. The van der Waals surface area contributed by atoms with E-state index in [0.717, 1.165) is 19.1 Å². The molecule has 2 rings (SSSR count). The Morgan fingerprint density at radius 1 is 1.16 bits per heavy atom. The van der Waals surface area contributed by atoms with Gasteiger partial charge in [-0.2, -0.15) is 0 Å². The minimum atomic E-state index is -3.33. The van der Waals surface area contributed by atoms with E-state index < -0.39 is 33.4 Å². The Bertz CT molecular complexity index is 901.